The first kappa shape index (κ1) is 14.3. The minimum atomic E-state index is -1.00. The quantitative estimate of drug-likeness (QED) is 0.730. The van der Waals surface area contributed by atoms with Crippen LogP contribution in [0.3, 0.4) is 0 Å². The van der Waals surface area contributed by atoms with E-state index in [2.05, 4.69) is 21.2 Å². The van der Waals surface area contributed by atoms with Crippen LogP contribution >= 0.6 is 15.9 Å². The highest BCUT2D eigenvalue weighted by Gasteiger charge is 2.39. The van der Waals surface area contributed by atoms with Gasteiger partial charge in [-0.3, -0.25) is 4.79 Å². The lowest BCUT2D eigenvalue weighted by Crippen LogP contribution is -2.47. The van der Waals surface area contributed by atoms with E-state index in [-0.39, 0.29) is 18.6 Å². The van der Waals surface area contributed by atoms with Crippen LogP contribution in [-0.4, -0.2) is 35.9 Å². The molecule has 5 nitrogen and oxygen atoms in total. The third-order valence-electron chi connectivity index (χ3n) is 3.47. The molecule has 1 heterocycles. The molecule has 104 valence electrons. The molecule has 1 aliphatic rings. The molecule has 1 aromatic rings. The predicted molar refractivity (Wildman–Crippen MR) is 75.9 cm³/mol. The Kier molecular flexibility index (Phi) is 4.13. The first-order valence-electron chi connectivity index (χ1n) is 6.09. The van der Waals surface area contributed by atoms with Crippen LogP contribution in [0.5, 0.6) is 0 Å². The highest BCUT2D eigenvalue weighted by atomic mass is 79.9. The average molecular weight is 329 g/mol. The van der Waals surface area contributed by atoms with E-state index in [4.69, 9.17) is 10.5 Å². The molecule has 1 saturated heterocycles. The van der Waals surface area contributed by atoms with Crippen LogP contribution in [0.4, 0.5) is 5.69 Å². The molecule has 4 N–H and O–H groups in total. The number of hydrogen-bond acceptors (Lipinski definition) is 4. The molecular formula is C13H17BrN2O3. The van der Waals surface area contributed by atoms with E-state index >= 15 is 0 Å². The molecule has 2 atom stereocenters. The van der Waals surface area contributed by atoms with Gasteiger partial charge in [0.15, 0.2) is 0 Å². The van der Waals surface area contributed by atoms with Gasteiger partial charge in [0, 0.05) is 29.7 Å². The molecule has 0 bridgehead atoms. The summed E-state index contributed by atoms with van der Waals surface area (Å²) in [5, 5.41) is 13.0. The number of nitrogens with one attached hydrogen (secondary N) is 1. The number of carbonyl (C=O) groups is 1. The summed E-state index contributed by atoms with van der Waals surface area (Å²) in [5.41, 5.74) is 5.56. The molecule has 1 aliphatic heterocycles. The van der Waals surface area contributed by atoms with Gasteiger partial charge in [-0.2, -0.15) is 0 Å². The number of hydrogen-bond donors (Lipinski definition) is 3. The minimum Gasteiger partial charge on any atom is -0.398 e. The molecule has 0 saturated carbocycles. The Labute approximate surface area is 120 Å². The molecular weight excluding hydrogens is 312 g/mol. The topological polar surface area (TPSA) is 84.6 Å². The maximum Gasteiger partial charge on any atom is 0.253 e. The molecule has 0 aliphatic carbocycles. The first-order valence-corrected chi connectivity index (χ1v) is 6.89. The van der Waals surface area contributed by atoms with Crippen LogP contribution in [0.1, 0.15) is 23.7 Å². The summed E-state index contributed by atoms with van der Waals surface area (Å²) in [6.07, 6.45) is 0.232. The second-order valence-electron chi connectivity index (χ2n) is 4.78. The van der Waals surface area contributed by atoms with Crippen molar-refractivity contribution < 1.29 is 14.6 Å². The van der Waals surface area contributed by atoms with Gasteiger partial charge in [0.05, 0.1) is 11.7 Å². The summed E-state index contributed by atoms with van der Waals surface area (Å²) in [6.45, 7) is 2.46. The second kappa shape index (κ2) is 5.48. The second-order valence-corrected chi connectivity index (χ2v) is 5.70. The van der Waals surface area contributed by atoms with E-state index in [1.807, 2.05) is 0 Å². The van der Waals surface area contributed by atoms with Crippen molar-refractivity contribution in [1.82, 2.24) is 5.32 Å². The number of halogens is 1. The number of ether oxygens (including phenoxy) is 1. The van der Waals surface area contributed by atoms with Crippen molar-refractivity contribution in [3.8, 4) is 0 Å². The summed E-state index contributed by atoms with van der Waals surface area (Å²) in [4.78, 5) is 12.1. The smallest absolute Gasteiger partial charge is 0.253 e. The monoisotopic (exact) mass is 328 g/mol. The highest BCUT2D eigenvalue weighted by Crippen LogP contribution is 2.25. The number of aliphatic hydroxyl groups is 1. The Morgan fingerprint density at radius 2 is 2.42 bits per heavy atom. The Bertz CT molecular complexity index is 495. The van der Waals surface area contributed by atoms with Crippen molar-refractivity contribution in [2.24, 2.45) is 0 Å². The lowest BCUT2D eigenvalue weighted by Gasteiger charge is -2.26. The number of rotatable bonds is 3. The van der Waals surface area contributed by atoms with Gasteiger partial charge >= 0.3 is 0 Å². The van der Waals surface area contributed by atoms with Gasteiger partial charge in [0.2, 0.25) is 0 Å². The zero-order valence-electron chi connectivity index (χ0n) is 10.6. The van der Waals surface area contributed by atoms with Gasteiger partial charge in [0.25, 0.3) is 5.91 Å². The molecule has 0 radical (unpaired) electrons. The van der Waals surface area contributed by atoms with Gasteiger partial charge in [-0.15, -0.1) is 0 Å². The third kappa shape index (κ3) is 3.08. The van der Waals surface area contributed by atoms with Gasteiger partial charge < -0.3 is 20.9 Å². The summed E-state index contributed by atoms with van der Waals surface area (Å²) in [6, 6.07) is 5.09. The normalized spacial score (nSPS) is 26.4. The maximum atomic E-state index is 12.1. The van der Waals surface area contributed by atoms with E-state index in [1.54, 1.807) is 25.1 Å². The summed E-state index contributed by atoms with van der Waals surface area (Å²) in [5.74, 6) is -0.300. The fourth-order valence-corrected chi connectivity index (χ4v) is 2.42. The van der Waals surface area contributed by atoms with Gasteiger partial charge in [-0.05, 0) is 25.1 Å². The van der Waals surface area contributed by atoms with E-state index in [0.717, 1.165) is 4.47 Å². The van der Waals surface area contributed by atoms with Crippen molar-refractivity contribution >= 4 is 27.5 Å². The van der Waals surface area contributed by atoms with Gasteiger partial charge in [-0.25, -0.2) is 0 Å². The van der Waals surface area contributed by atoms with Crippen LogP contribution < -0.4 is 11.1 Å². The number of benzene rings is 1. The lowest BCUT2D eigenvalue weighted by molar-refractivity contribution is -0.0251. The third-order valence-corrected chi connectivity index (χ3v) is 3.97. The highest BCUT2D eigenvalue weighted by molar-refractivity contribution is 9.10. The fraction of sp³-hybridized carbons (Fsp3) is 0.462. The molecule has 0 spiro atoms. The maximum absolute atomic E-state index is 12.1. The van der Waals surface area contributed by atoms with Crippen LogP contribution in [0.25, 0.3) is 0 Å². The average Bonchev–Trinajstić information content (AvgIpc) is 2.70. The Morgan fingerprint density at radius 3 is 3.05 bits per heavy atom. The fourth-order valence-electron chi connectivity index (χ4n) is 2.06. The van der Waals surface area contributed by atoms with Crippen LogP contribution in [0.15, 0.2) is 22.7 Å². The molecule has 1 amide bonds. The number of nitrogens with two attached hydrogens (primary N) is 1. The van der Waals surface area contributed by atoms with E-state index < -0.39 is 5.60 Å². The minimum absolute atomic E-state index is 0.152. The Morgan fingerprint density at radius 1 is 1.68 bits per heavy atom. The van der Waals surface area contributed by atoms with E-state index in [0.29, 0.717) is 24.3 Å². The molecule has 1 aromatic carbocycles. The van der Waals surface area contributed by atoms with Crippen LogP contribution in [0.2, 0.25) is 0 Å². The number of carbonyl (C=O) groups excluding carboxylic acids is 1. The van der Waals surface area contributed by atoms with Crippen molar-refractivity contribution in [2.75, 3.05) is 18.9 Å². The van der Waals surface area contributed by atoms with Crippen molar-refractivity contribution in [1.29, 1.82) is 0 Å². The van der Waals surface area contributed by atoms with Crippen molar-refractivity contribution in [3.05, 3.63) is 28.2 Å². The first-order chi connectivity index (χ1) is 8.92. The van der Waals surface area contributed by atoms with Crippen LogP contribution in [0, 0.1) is 0 Å². The van der Waals surface area contributed by atoms with Crippen LogP contribution in [-0.2, 0) is 4.74 Å². The summed E-state index contributed by atoms with van der Waals surface area (Å²) in [7, 11) is 0. The van der Waals surface area contributed by atoms with Gasteiger partial charge in [0.1, 0.15) is 5.60 Å². The Balaban J connectivity index is 2.03. The molecule has 2 rings (SSSR count). The number of nitrogen functional groups attached to an aromatic ring is 1. The van der Waals surface area contributed by atoms with E-state index in [9.17, 15) is 9.90 Å². The number of anilines is 1. The molecule has 0 aromatic heterocycles. The molecule has 2 unspecified atom stereocenters. The summed E-state index contributed by atoms with van der Waals surface area (Å²) >= 11 is 3.30. The zero-order valence-corrected chi connectivity index (χ0v) is 12.2. The van der Waals surface area contributed by atoms with Crippen molar-refractivity contribution in [3.63, 3.8) is 0 Å². The van der Waals surface area contributed by atoms with Gasteiger partial charge in [-0.1, -0.05) is 15.9 Å². The van der Waals surface area contributed by atoms with E-state index in [1.165, 1.54) is 0 Å². The number of amides is 1. The summed E-state index contributed by atoms with van der Waals surface area (Å²) < 4.78 is 6.10. The largest absolute Gasteiger partial charge is 0.398 e. The van der Waals surface area contributed by atoms with Crippen molar-refractivity contribution in [2.45, 2.75) is 25.0 Å². The zero-order chi connectivity index (χ0) is 14.0. The molecule has 19 heavy (non-hydrogen) atoms. The standard InChI is InChI=1S/C13H17BrN2O3/c1-8-13(18,4-5-19-8)7-16-12(17)10-6-9(14)2-3-11(10)15/h2-3,6,8,18H,4-5,7,15H2,1H3,(H,16,17). The predicted octanol–water partition coefficient (Wildman–Crippen LogP) is 1.30. The SMILES string of the molecule is CC1OCCC1(O)CNC(=O)c1cc(Br)ccc1N. The Hall–Kier alpha value is -1.11. The molecule has 6 heteroatoms. The molecule has 1 fully saturated rings. The lowest BCUT2D eigenvalue weighted by atomic mass is 9.96.